The number of rotatable bonds is 3. The summed E-state index contributed by atoms with van der Waals surface area (Å²) in [6.07, 6.45) is 2.49. The van der Waals surface area contributed by atoms with E-state index < -0.39 is 0 Å². The maximum atomic E-state index is 12.2. The van der Waals surface area contributed by atoms with Crippen molar-refractivity contribution in [1.82, 2.24) is 10.6 Å². The molecule has 3 nitrogen and oxygen atoms in total. The molecular formula is C16H24N2O. The Labute approximate surface area is 115 Å². The number of amides is 1. The minimum absolute atomic E-state index is 0.0396. The van der Waals surface area contributed by atoms with Crippen molar-refractivity contribution in [2.45, 2.75) is 45.6 Å². The van der Waals surface area contributed by atoms with Gasteiger partial charge in [0.05, 0.1) is 6.42 Å². The molecule has 1 aliphatic rings. The fourth-order valence-corrected chi connectivity index (χ4v) is 2.58. The smallest absolute Gasteiger partial charge is 0.224 e. The van der Waals surface area contributed by atoms with Crippen molar-refractivity contribution < 1.29 is 4.79 Å². The van der Waals surface area contributed by atoms with Gasteiger partial charge in [0.25, 0.3) is 0 Å². The van der Waals surface area contributed by atoms with Crippen LogP contribution in [0.1, 0.15) is 36.5 Å². The van der Waals surface area contributed by atoms with E-state index >= 15 is 0 Å². The molecule has 1 amide bonds. The van der Waals surface area contributed by atoms with Crippen molar-refractivity contribution in [3.8, 4) is 0 Å². The van der Waals surface area contributed by atoms with Crippen LogP contribution < -0.4 is 10.6 Å². The summed E-state index contributed by atoms with van der Waals surface area (Å²) in [4.78, 5) is 12.2. The van der Waals surface area contributed by atoms with E-state index in [-0.39, 0.29) is 11.4 Å². The molecule has 19 heavy (non-hydrogen) atoms. The zero-order valence-corrected chi connectivity index (χ0v) is 12.2. The van der Waals surface area contributed by atoms with Crippen LogP contribution in [0.4, 0.5) is 0 Å². The highest BCUT2D eigenvalue weighted by atomic mass is 16.1. The van der Waals surface area contributed by atoms with E-state index in [1.165, 1.54) is 11.1 Å². The highest BCUT2D eigenvalue weighted by molar-refractivity contribution is 5.79. The molecule has 104 valence electrons. The molecule has 0 radical (unpaired) electrons. The van der Waals surface area contributed by atoms with Gasteiger partial charge >= 0.3 is 0 Å². The lowest BCUT2D eigenvalue weighted by Gasteiger charge is -2.35. The van der Waals surface area contributed by atoms with Gasteiger partial charge in [-0.3, -0.25) is 4.79 Å². The Morgan fingerprint density at radius 3 is 2.58 bits per heavy atom. The number of aryl methyl sites for hydroxylation is 2. The van der Waals surface area contributed by atoms with Crippen LogP contribution in [0.3, 0.4) is 0 Å². The van der Waals surface area contributed by atoms with Crippen LogP contribution in [-0.2, 0) is 11.2 Å². The summed E-state index contributed by atoms with van der Waals surface area (Å²) in [5.74, 6) is 0.132. The molecule has 0 saturated carbocycles. The zero-order valence-electron chi connectivity index (χ0n) is 12.2. The van der Waals surface area contributed by atoms with Gasteiger partial charge in [-0.1, -0.05) is 18.2 Å². The fourth-order valence-electron chi connectivity index (χ4n) is 2.58. The van der Waals surface area contributed by atoms with Crippen molar-refractivity contribution >= 4 is 5.91 Å². The first-order chi connectivity index (χ1) is 8.98. The van der Waals surface area contributed by atoms with E-state index in [9.17, 15) is 4.79 Å². The Morgan fingerprint density at radius 2 is 1.95 bits per heavy atom. The van der Waals surface area contributed by atoms with E-state index in [1.54, 1.807) is 0 Å². The summed E-state index contributed by atoms with van der Waals surface area (Å²) in [5.41, 5.74) is 3.58. The van der Waals surface area contributed by atoms with Crippen molar-refractivity contribution in [2.75, 3.05) is 13.1 Å². The van der Waals surface area contributed by atoms with Crippen molar-refractivity contribution in [3.05, 3.63) is 34.9 Å². The van der Waals surface area contributed by atoms with Crippen molar-refractivity contribution in [1.29, 1.82) is 0 Å². The maximum absolute atomic E-state index is 12.2. The highest BCUT2D eigenvalue weighted by Crippen LogP contribution is 2.17. The van der Waals surface area contributed by atoms with E-state index in [2.05, 4.69) is 43.5 Å². The fraction of sp³-hybridized carbons (Fsp3) is 0.562. The average Bonchev–Trinajstić information content (AvgIpc) is 2.34. The molecule has 3 heteroatoms. The SMILES string of the molecule is Cc1ccc(CC(=O)NC2(C)CCNCC2)cc1C. The number of hydrogen-bond acceptors (Lipinski definition) is 2. The third-order valence-electron chi connectivity index (χ3n) is 4.08. The van der Waals surface area contributed by atoms with E-state index in [1.807, 2.05) is 6.07 Å². The number of piperidine rings is 1. The number of nitrogens with one attached hydrogen (secondary N) is 2. The largest absolute Gasteiger partial charge is 0.351 e. The van der Waals surface area contributed by atoms with Crippen LogP contribution in [-0.4, -0.2) is 24.5 Å². The summed E-state index contributed by atoms with van der Waals surface area (Å²) in [6, 6.07) is 6.25. The van der Waals surface area contributed by atoms with Gasteiger partial charge in [0.15, 0.2) is 0 Å². The first-order valence-electron chi connectivity index (χ1n) is 7.06. The van der Waals surface area contributed by atoms with Gasteiger partial charge in [-0.25, -0.2) is 0 Å². The quantitative estimate of drug-likeness (QED) is 0.874. The normalized spacial score (nSPS) is 18.1. The van der Waals surface area contributed by atoms with Gasteiger partial charge in [-0.05, 0) is 63.4 Å². The molecule has 2 rings (SSSR count). The van der Waals surface area contributed by atoms with E-state index in [0.717, 1.165) is 31.5 Å². The lowest BCUT2D eigenvalue weighted by atomic mass is 9.90. The molecule has 1 heterocycles. The van der Waals surface area contributed by atoms with Gasteiger partial charge in [0.2, 0.25) is 5.91 Å². The van der Waals surface area contributed by atoms with Crippen molar-refractivity contribution in [3.63, 3.8) is 0 Å². The summed E-state index contributed by atoms with van der Waals surface area (Å²) in [5, 5.41) is 6.52. The minimum Gasteiger partial charge on any atom is -0.351 e. The standard InChI is InChI=1S/C16H24N2O/c1-12-4-5-14(10-13(12)2)11-15(19)18-16(3)6-8-17-9-7-16/h4-5,10,17H,6-9,11H2,1-3H3,(H,18,19). The second kappa shape index (κ2) is 5.74. The Kier molecular flexibility index (Phi) is 4.25. The lowest BCUT2D eigenvalue weighted by Crippen LogP contribution is -2.52. The number of carbonyl (C=O) groups excluding carboxylic acids is 1. The molecular weight excluding hydrogens is 236 g/mol. The zero-order chi connectivity index (χ0) is 13.9. The van der Waals surface area contributed by atoms with E-state index in [0.29, 0.717) is 6.42 Å². The van der Waals surface area contributed by atoms with Crippen LogP contribution in [0, 0.1) is 13.8 Å². The molecule has 0 aromatic heterocycles. The summed E-state index contributed by atoms with van der Waals surface area (Å²) < 4.78 is 0. The number of carbonyl (C=O) groups is 1. The van der Waals surface area contributed by atoms with Gasteiger partial charge < -0.3 is 10.6 Å². The van der Waals surface area contributed by atoms with Crippen LogP contribution in [0.25, 0.3) is 0 Å². The second-order valence-electron chi connectivity index (χ2n) is 5.95. The number of hydrogen-bond donors (Lipinski definition) is 2. The average molecular weight is 260 g/mol. The van der Waals surface area contributed by atoms with Crippen LogP contribution in [0.15, 0.2) is 18.2 Å². The molecule has 1 aromatic rings. The molecule has 0 unspecified atom stereocenters. The Hall–Kier alpha value is -1.35. The maximum Gasteiger partial charge on any atom is 0.224 e. The van der Waals surface area contributed by atoms with Crippen LogP contribution in [0.2, 0.25) is 0 Å². The second-order valence-corrected chi connectivity index (χ2v) is 5.95. The van der Waals surface area contributed by atoms with Gasteiger partial charge in [0.1, 0.15) is 0 Å². The van der Waals surface area contributed by atoms with Crippen LogP contribution >= 0.6 is 0 Å². The van der Waals surface area contributed by atoms with E-state index in [4.69, 9.17) is 0 Å². The Bertz CT molecular complexity index is 462. The Morgan fingerprint density at radius 1 is 1.26 bits per heavy atom. The molecule has 1 aromatic carbocycles. The Balaban J connectivity index is 1.95. The molecule has 0 atom stereocenters. The first kappa shape index (κ1) is 14.1. The minimum atomic E-state index is -0.0396. The molecule has 0 bridgehead atoms. The predicted octanol–water partition coefficient (Wildman–Crippen LogP) is 2.10. The van der Waals surface area contributed by atoms with Gasteiger partial charge in [-0.15, -0.1) is 0 Å². The molecule has 1 fully saturated rings. The van der Waals surface area contributed by atoms with Crippen molar-refractivity contribution in [2.24, 2.45) is 0 Å². The monoisotopic (exact) mass is 260 g/mol. The lowest BCUT2D eigenvalue weighted by molar-refractivity contribution is -0.122. The molecule has 2 N–H and O–H groups in total. The number of benzene rings is 1. The molecule has 1 saturated heterocycles. The van der Waals surface area contributed by atoms with Gasteiger partial charge in [-0.2, -0.15) is 0 Å². The summed E-state index contributed by atoms with van der Waals surface area (Å²) in [6.45, 7) is 8.30. The summed E-state index contributed by atoms with van der Waals surface area (Å²) in [7, 11) is 0. The topological polar surface area (TPSA) is 41.1 Å². The summed E-state index contributed by atoms with van der Waals surface area (Å²) >= 11 is 0. The predicted molar refractivity (Wildman–Crippen MR) is 78.3 cm³/mol. The third kappa shape index (κ3) is 3.80. The molecule has 1 aliphatic heterocycles. The highest BCUT2D eigenvalue weighted by Gasteiger charge is 2.28. The van der Waals surface area contributed by atoms with Gasteiger partial charge in [0, 0.05) is 5.54 Å². The van der Waals surface area contributed by atoms with Crippen LogP contribution in [0.5, 0.6) is 0 Å². The molecule has 0 aliphatic carbocycles. The third-order valence-corrected chi connectivity index (χ3v) is 4.08. The molecule has 0 spiro atoms. The first-order valence-corrected chi connectivity index (χ1v) is 7.06.